The van der Waals surface area contributed by atoms with Crippen LogP contribution in [0.4, 0.5) is 0 Å². The summed E-state index contributed by atoms with van der Waals surface area (Å²) >= 11 is 0. The predicted octanol–water partition coefficient (Wildman–Crippen LogP) is 1.99. The van der Waals surface area contributed by atoms with Crippen LogP contribution in [0.2, 0.25) is 0 Å². The first kappa shape index (κ1) is 6.41. The maximum absolute atomic E-state index is 5.25. The van der Waals surface area contributed by atoms with Gasteiger partial charge in [-0.1, -0.05) is 19.1 Å². The van der Waals surface area contributed by atoms with Crippen molar-refractivity contribution < 1.29 is 4.74 Å². The van der Waals surface area contributed by atoms with E-state index in [9.17, 15) is 0 Å². The lowest BCUT2D eigenvalue weighted by molar-refractivity contribution is -0.142. The van der Waals surface area contributed by atoms with Crippen LogP contribution in [0.15, 0.2) is 12.2 Å². The highest BCUT2D eigenvalue weighted by molar-refractivity contribution is 5.03. The molecule has 1 spiro atoms. The fraction of sp³-hybridized carbons (Fsp3) is 0.778. The second-order valence-electron chi connectivity index (χ2n) is 3.67. The second-order valence-corrected chi connectivity index (χ2v) is 3.67. The summed E-state index contributed by atoms with van der Waals surface area (Å²) in [6, 6.07) is 0. The van der Waals surface area contributed by atoms with Crippen molar-refractivity contribution in [3.05, 3.63) is 12.2 Å². The smallest absolute Gasteiger partial charge is 0.0550 e. The van der Waals surface area contributed by atoms with Crippen LogP contribution >= 0.6 is 0 Å². The molecule has 10 heavy (non-hydrogen) atoms. The molecule has 1 saturated heterocycles. The van der Waals surface area contributed by atoms with Gasteiger partial charge in [-0.3, -0.25) is 0 Å². The minimum absolute atomic E-state index is 0.550. The average Bonchev–Trinajstić information content (AvgIpc) is 1.85. The van der Waals surface area contributed by atoms with Crippen LogP contribution in [-0.4, -0.2) is 13.2 Å². The Hall–Kier alpha value is -0.300. The van der Waals surface area contributed by atoms with Crippen LogP contribution < -0.4 is 0 Å². The molecule has 0 amide bonds. The average molecular weight is 138 g/mol. The molecule has 0 aromatic rings. The summed E-state index contributed by atoms with van der Waals surface area (Å²) in [6.45, 7) is 4.34. The zero-order valence-electron chi connectivity index (χ0n) is 6.47. The molecule has 0 N–H and O–H groups in total. The molecule has 2 aliphatic rings. The molecule has 1 aliphatic heterocycles. The number of rotatable bonds is 0. The third-order valence-corrected chi connectivity index (χ3v) is 3.01. The Labute approximate surface area is 62.1 Å². The van der Waals surface area contributed by atoms with E-state index in [-0.39, 0.29) is 0 Å². The van der Waals surface area contributed by atoms with Gasteiger partial charge in [-0.15, -0.1) is 0 Å². The van der Waals surface area contributed by atoms with Crippen LogP contribution in [-0.2, 0) is 4.74 Å². The van der Waals surface area contributed by atoms with E-state index in [2.05, 4.69) is 19.1 Å². The van der Waals surface area contributed by atoms with Gasteiger partial charge in [0, 0.05) is 5.41 Å². The number of allylic oxidation sites excluding steroid dienone is 2. The van der Waals surface area contributed by atoms with Gasteiger partial charge in [0.05, 0.1) is 13.2 Å². The molecule has 1 aliphatic carbocycles. The van der Waals surface area contributed by atoms with Crippen molar-refractivity contribution in [3.63, 3.8) is 0 Å². The topological polar surface area (TPSA) is 9.23 Å². The maximum Gasteiger partial charge on any atom is 0.0550 e. The molecule has 1 unspecified atom stereocenters. The summed E-state index contributed by atoms with van der Waals surface area (Å²) in [6.07, 6.45) is 7.11. The Morgan fingerprint density at radius 1 is 1.40 bits per heavy atom. The van der Waals surface area contributed by atoms with Crippen molar-refractivity contribution in [2.75, 3.05) is 13.2 Å². The van der Waals surface area contributed by atoms with E-state index in [4.69, 9.17) is 4.74 Å². The number of hydrogen-bond donors (Lipinski definition) is 0. The minimum Gasteiger partial charge on any atom is -0.380 e. The second kappa shape index (κ2) is 2.09. The molecule has 0 aromatic carbocycles. The zero-order valence-corrected chi connectivity index (χ0v) is 6.47. The van der Waals surface area contributed by atoms with Gasteiger partial charge in [-0.25, -0.2) is 0 Å². The maximum atomic E-state index is 5.25. The molecule has 0 saturated carbocycles. The van der Waals surface area contributed by atoms with E-state index >= 15 is 0 Å². The molecule has 2 rings (SSSR count). The van der Waals surface area contributed by atoms with E-state index < -0.39 is 0 Å². The molecule has 1 atom stereocenters. The summed E-state index contributed by atoms with van der Waals surface area (Å²) in [7, 11) is 0. The molecule has 0 bridgehead atoms. The van der Waals surface area contributed by atoms with Crippen LogP contribution in [0.3, 0.4) is 0 Å². The molecule has 0 aromatic heterocycles. The summed E-state index contributed by atoms with van der Waals surface area (Å²) in [5, 5.41) is 0. The first-order valence-electron chi connectivity index (χ1n) is 4.06. The lowest BCUT2D eigenvalue weighted by Crippen LogP contribution is -2.48. The van der Waals surface area contributed by atoms with Crippen molar-refractivity contribution in [2.24, 2.45) is 11.3 Å². The minimum atomic E-state index is 0.550. The Balaban J connectivity index is 2.12. The predicted molar refractivity (Wildman–Crippen MR) is 40.8 cm³/mol. The SMILES string of the molecule is CC1CC=CCC12COC2. The Kier molecular flexibility index (Phi) is 1.34. The lowest BCUT2D eigenvalue weighted by Gasteiger charge is -2.47. The first-order valence-corrected chi connectivity index (χ1v) is 4.06. The van der Waals surface area contributed by atoms with Crippen LogP contribution in [0.5, 0.6) is 0 Å². The van der Waals surface area contributed by atoms with Gasteiger partial charge in [-0.2, -0.15) is 0 Å². The van der Waals surface area contributed by atoms with E-state index in [1.54, 1.807) is 0 Å². The van der Waals surface area contributed by atoms with Crippen LogP contribution in [0.1, 0.15) is 19.8 Å². The van der Waals surface area contributed by atoms with E-state index in [1.165, 1.54) is 12.8 Å². The fourth-order valence-electron chi connectivity index (χ4n) is 1.84. The molecule has 1 heteroatoms. The van der Waals surface area contributed by atoms with E-state index in [1.807, 2.05) is 0 Å². The molecule has 0 radical (unpaired) electrons. The third kappa shape index (κ3) is 0.734. The van der Waals surface area contributed by atoms with Gasteiger partial charge in [0.1, 0.15) is 0 Å². The zero-order chi connectivity index (χ0) is 7.03. The van der Waals surface area contributed by atoms with Crippen LogP contribution in [0.25, 0.3) is 0 Å². The highest BCUT2D eigenvalue weighted by Crippen LogP contribution is 2.43. The van der Waals surface area contributed by atoms with Crippen LogP contribution in [0, 0.1) is 11.3 Å². The van der Waals surface area contributed by atoms with E-state index in [0.29, 0.717) is 5.41 Å². The van der Waals surface area contributed by atoms with Gasteiger partial charge in [0.25, 0.3) is 0 Å². The largest absolute Gasteiger partial charge is 0.380 e. The molecular formula is C9H14O. The van der Waals surface area contributed by atoms with E-state index in [0.717, 1.165) is 19.1 Å². The summed E-state index contributed by atoms with van der Waals surface area (Å²) < 4.78 is 5.25. The van der Waals surface area contributed by atoms with Crippen molar-refractivity contribution in [1.29, 1.82) is 0 Å². The summed E-state index contributed by atoms with van der Waals surface area (Å²) in [4.78, 5) is 0. The summed E-state index contributed by atoms with van der Waals surface area (Å²) in [5.41, 5.74) is 0.550. The third-order valence-electron chi connectivity index (χ3n) is 3.01. The lowest BCUT2D eigenvalue weighted by atomic mass is 9.68. The van der Waals surface area contributed by atoms with Crippen molar-refractivity contribution in [1.82, 2.24) is 0 Å². The van der Waals surface area contributed by atoms with Gasteiger partial charge in [0.2, 0.25) is 0 Å². The molecule has 1 fully saturated rings. The standard InChI is InChI=1S/C9H14O/c1-8-4-2-3-5-9(8)6-10-7-9/h2-3,8H,4-7H2,1H3. The van der Waals surface area contributed by atoms with Crippen molar-refractivity contribution in [2.45, 2.75) is 19.8 Å². The highest BCUT2D eigenvalue weighted by atomic mass is 16.5. The Morgan fingerprint density at radius 2 is 2.20 bits per heavy atom. The quantitative estimate of drug-likeness (QED) is 0.465. The summed E-state index contributed by atoms with van der Waals surface area (Å²) in [5.74, 6) is 0.839. The van der Waals surface area contributed by atoms with Gasteiger partial charge in [-0.05, 0) is 18.8 Å². The van der Waals surface area contributed by atoms with Gasteiger partial charge >= 0.3 is 0 Å². The Morgan fingerprint density at radius 3 is 2.60 bits per heavy atom. The molecule has 56 valence electrons. The monoisotopic (exact) mass is 138 g/mol. The Bertz CT molecular complexity index is 156. The number of ether oxygens (including phenoxy) is 1. The van der Waals surface area contributed by atoms with Crippen molar-refractivity contribution in [3.8, 4) is 0 Å². The van der Waals surface area contributed by atoms with Gasteiger partial charge < -0.3 is 4.74 Å². The fourth-order valence-corrected chi connectivity index (χ4v) is 1.84. The van der Waals surface area contributed by atoms with Crippen molar-refractivity contribution >= 4 is 0 Å². The normalized spacial score (nSPS) is 35.9. The number of hydrogen-bond acceptors (Lipinski definition) is 1. The highest BCUT2D eigenvalue weighted by Gasteiger charge is 2.42. The van der Waals surface area contributed by atoms with Gasteiger partial charge in [0.15, 0.2) is 0 Å². The first-order chi connectivity index (χ1) is 4.83. The molecule has 1 heterocycles. The molecular weight excluding hydrogens is 124 g/mol. The molecule has 1 nitrogen and oxygen atoms in total.